The van der Waals surface area contributed by atoms with Crippen LogP contribution in [0.3, 0.4) is 0 Å². The van der Waals surface area contributed by atoms with Gasteiger partial charge in [0.1, 0.15) is 0 Å². The Morgan fingerprint density at radius 2 is 2.10 bits per heavy atom. The highest BCUT2D eigenvalue weighted by Crippen LogP contribution is 2.30. The third kappa shape index (κ3) is 3.54. The van der Waals surface area contributed by atoms with Crippen LogP contribution in [-0.4, -0.2) is 49.9 Å². The zero-order chi connectivity index (χ0) is 15.4. The van der Waals surface area contributed by atoms with E-state index in [4.69, 9.17) is 0 Å². The molecule has 0 radical (unpaired) electrons. The molecule has 1 aliphatic rings. The summed E-state index contributed by atoms with van der Waals surface area (Å²) < 4.78 is 0. The molecule has 5 heteroatoms. The van der Waals surface area contributed by atoms with E-state index in [1.807, 2.05) is 12.1 Å². The Bertz CT molecular complexity index is 530. The van der Waals surface area contributed by atoms with Crippen LogP contribution >= 0.6 is 0 Å². The van der Waals surface area contributed by atoms with E-state index in [1.165, 1.54) is 10.5 Å². The fourth-order valence-electron chi connectivity index (χ4n) is 2.65. The van der Waals surface area contributed by atoms with E-state index in [0.29, 0.717) is 12.6 Å². The van der Waals surface area contributed by atoms with Crippen LogP contribution in [0.15, 0.2) is 24.3 Å². The van der Waals surface area contributed by atoms with E-state index in [1.54, 1.807) is 14.1 Å². The number of fused-ring (bicyclic) bond motifs is 1. The number of aryl methyl sites for hydroxylation is 1. The van der Waals surface area contributed by atoms with Crippen LogP contribution in [0, 0.1) is 0 Å². The number of benzene rings is 1. The molecule has 0 aromatic heterocycles. The van der Waals surface area contributed by atoms with Gasteiger partial charge in [-0.3, -0.25) is 9.59 Å². The average molecular weight is 289 g/mol. The summed E-state index contributed by atoms with van der Waals surface area (Å²) in [7, 11) is 3.24. The minimum atomic E-state index is -0.155. The van der Waals surface area contributed by atoms with Crippen LogP contribution in [0.1, 0.15) is 18.9 Å². The summed E-state index contributed by atoms with van der Waals surface area (Å²) in [5, 5.41) is 2.53. The molecular formula is C16H23N3O2. The van der Waals surface area contributed by atoms with Crippen molar-refractivity contribution in [3.05, 3.63) is 29.8 Å². The summed E-state index contributed by atoms with van der Waals surface area (Å²) in [5.41, 5.74) is 2.43. The predicted octanol–water partition coefficient (Wildman–Crippen LogP) is 1.03. The van der Waals surface area contributed by atoms with E-state index in [9.17, 15) is 9.59 Å². The number of amides is 2. The first kappa shape index (κ1) is 15.4. The van der Waals surface area contributed by atoms with Crippen molar-refractivity contribution in [3.8, 4) is 0 Å². The Morgan fingerprint density at radius 1 is 1.38 bits per heavy atom. The molecule has 1 aromatic rings. The molecular weight excluding hydrogens is 266 g/mol. The maximum absolute atomic E-state index is 12.3. The number of carbonyl (C=O) groups is 2. The van der Waals surface area contributed by atoms with Gasteiger partial charge >= 0.3 is 0 Å². The second-order valence-electron chi connectivity index (χ2n) is 5.57. The van der Waals surface area contributed by atoms with Gasteiger partial charge in [0.15, 0.2) is 0 Å². The van der Waals surface area contributed by atoms with Crippen LogP contribution in [-0.2, 0) is 16.0 Å². The Morgan fingerprint density at radius 3 is 2.81 bits per heavy atom. The number of carbonyl (C=O) groups excluding carboxylic acids is 2. The van der Waals surface area contributed by atoms with Gasteiger partial charge in [-0.15, -0.1) is 0 Å². The molecule has 5 nitrogen and oxygen atoms in total. The van der Waals surface area contributed by atoms with E-state index in [2.05, 4.69) is 29.3 Å². The van der Waals surface area contributed by atoms with E-state index in [-0.39, 0.29) is 18.4 Å². The quantitative estimate of drug-likeness (QED) is 0.901. The summed E-state index contributed by atoms with van der Waals surface area (Å²) in [6, 6.07) is 8.55. The van der Waals surface area contributed by atoms with Gasteiger partial charge in [0.2, 0.25) is 11.8 Å². The maximum Gasteiger partial charge on any atom is 0.242 e. The van der Waals surface area contributed by atoms with Gasteiger partial charge in [-0.25, -0.2) is 0 Å². The Hall–Kier alpha value is -2.04. The average Bonchev–Trinajstić information content (AvgIpc) is 2.49. The topological polar surface area (TPSA) is 52.7 Å². The molecule has 0 aliphatic carbocycles. The normalized spacial score (nSPS) is 17.1. The summed E-state index contributed by atoms with van der Waals surface area (Å²) in [6.07, 6.45) is 2.10. The van der Waals surface area contributed by atoms with Gasteiger partial charge < -0.3 is 15.1 Å². The van der Waals surface area contributed by atoms with Crippen molar-refractivity contribution in [1.82, 2.24) is 10.2 Å². The molecule has 0 fully saturated rings. The molecule has 0 bridgehead atoms. The Balaban J connectivity index is 2.08. The molecule has 2 rings (SSSR count). The van der Waals surface area contributed by atoms with Gasteiger partial charge in [-0.05, 0) is 31.4 Å². The van der Waals surface area contributed by atoms with E-state index < -0.39 is 0 Å². The van der Waals surface area contributed by atoms with Crippen LogP contribution < -0.4 is 10.2 Å². The van der Waals surface area contributed by atoms with Gasteiger partial charge in [0, 0.05) is 25.8 Å². The molecule has 114 valence electrons. The third-order valence-corrected chi connectivity index (χ3v) is 4.06. The van der Waals surface area contributed by atoms with Crippen molar-refractivity contribution < 1.29 is 9.59 Å². The van der Waals surface area contributed by atoms with Crippen LogP contribution in [0.25, 0.3) is 0 Å². The van der Waals surface area contributed by atoms with Crippen molar-refractivity contribution in [3.63, 3.8) is 0 Å². The number of rotatable bonds is 4. The van der Waals surface area contributed by atoms with E-state index in [0.717, 1.165) is 18.5 Å². The number of hydrogen-bond donors (Lipinski definition) is 1. The molecule has 0 spiro atoms. The van der Waals surface area contributed by atoms with Crippen molar-refractivity contribution >= 4 is 17.5 Å². The molecule has 0 saturated carbocycles. The molecule has 21 heavy (non-hydrogen) atoms. The van der Waals surface area contributed by atoms with Gasteiger partial charge in [0.05, 0.1) is 13.1 Å². The minimum absolute atomic E-state index is 0.0397. The van der Waals surface area contributed by atoms with Crippen LogP contribution in [0.2, 0.25) is 0 Å². The highest BCUT2D eigenvalue weighted by atomic mass is 16.2. The van der Waals surface area contributed by atoms with Gasteiger partial charge in [0.25, 0.3) is 0 Å². The highest BCUT2D eigenvalue weighted by molar-refractivity contribution is 5.87. The third-order valence-electron chi connectivity index (χ3n) is 4.06. The van der Waals surface area contributed by atoms with E-state index >= 15 is 0 Å². The summed E-state index contributed by atoms with van der Waals surface area (Å²) in [6.45, 7) is 2.55. The SMILES string of the molecule is CNC(=O)CN(C)C(=O)CN1c2ccccc2CC[C@@H]1C. The summed E-state index contributed by atoms with van der Waals surface area (Å²) >= 11 is 0. The molecule has 1 atom stereocenters. The monoisotopic (exact) mass is 289 g/mol. The molecule has 1 N–H and O–H groups in total. The lowest BCUT2D eigenvalue weighted by Crippen LogP contribution is -2.46. The molecule has 2 amide bonds. The fourth-order valence-corrected chi connectivity index (χ4v) is 2.65. The lowest BCUT2D eigenvalue weighted by atomic mass is 9.96. The smallest absolute Gasteiger partial charge is 0.242 e. The fraction of sp³-hybridized carbons (Fsp3) is 0.500. The molecule has 0 saturated heterocycles. The Kier molecular flexibility index (Phi) is 4.83. The first-order valence-electron chi connectivity index (χ1n) is 7.32. The lowest BCUT2D eigenvalue weighted by molar-refractivity contribution is -0.133. The summed E-state index contributed by atoms with van der Waals surface area (Å²) in [4.78, 5) is 27.3. The van der Waals surface area contributed by atoms with Crippen molar-refractivity contribution in [2.75, 3.05) is 32.1 Å². The van der Waals surface area contributed by atoms with Crippen molar-refractivity contribution in [2.45, 2.75) is 25.8 Å². The Labute approximate surface area is 125 Å². The van der Waals surface area contributed by atoms with Crippen molar-refractivity contribution in [2.24, 2.45) is 0 Å². The first-order valence-corrected chi connectivity index (χ1v) is 7.32. The maximum atomic E-state index is 12.3. The van der Waals surface area contributed by atoms with Gasteiger partial charge in [-0.1, -0.05) is 18.2 Å². The zero-order valence-corrected chi connectivity index (χ0v) is 12.9. The number of anilines is 1. The molecule has 1 aromatic carbocycles. The van der Waals surface area contributed by atoms with Gasteiger partial charge in [-0.2, -0.15) is 0 Å². The number of nitrogens with zero attached hydrogens (tertiary/aromatic N) is 2. The minimum Gasteiger partial charge on any atom is -0.359 e. The molecule has 1 aliphatic heterocycles. The largest absolute Gasteiger partial charge is 0.359 e. The van der Waals surface area contributed by atoms with Crippen LogP contribution in [0.4, 0.5) is 5.69 Å². The van der Waals surface area contributed by atoms with Crippen molar-refractivity contribution in [1.29, 1.82) is 0 Å². The predicted molar refractivity (Wildman–Crippen MR) is 83.3 cm³/mol. The first-order chi connectivity index (χ1) is 10.0. The standard InChI is InChI=1S/C16H23N3O2/c1-12-8-9-13-6-4-5-7-14(13)19(12)11-16(21)18(3)10-15(20)17-2/h4-7,12H,8-11H2,1-3H3,(H,17,20)/t12-/m0/s1. The number of hydrogen-bond acceptors (Lipinski definition) is 3. The van der Waals surface area contributed by atoms with Crippen LogP contribution in [0.5, 0.6) is 0 Å². The second kappa shape index (κ2) is 6.61. The zero-order valence-electron chi connectivity index (χ0n) is 12.9. The number of nitrogens with one attached hydrogen (secondary N) is 1. The molecule has 0 unspecified atom stereocenters. The summed E-state index contributed by atoms with van der Waals surface area (Å²) in [5.74, 6) is -0.194. The lowest BCUT2D eigenvalue weighted by Gasteiger charge is -2.37. The second-order valence-corrected chi connectivity index (χ2v) is 5.57. The highest BCUT2D eigenvalue weighted by Gasteiger charge is 2.25. The number of para-hydroxylation sites is 1. The number of likely N-dealkylation sites (N-methyl/N-ethyl adjacent to an activating group) is 2. The molecule has 1 heterocycles.